The topological polar surface area (TPSA) is 90.7 Å². The molecule has 1 aromatic rings. The van der Waals surface area contributed by atoms with E-state index in [0.717, 1.165) is 5.56 Å². The van der Waals surface area contributed by atoms with Crippen molar-refractivity contribution in [3.63, 3.8) is 0 Å². The lowest BCUT2D eigenvalue weighted by molar-refractivity contribution is -0.129. The summed E-state index contributed by atoms with van der Waals surface area (Å²) in [6.45, 7) is 0.978. The van der Waals surface area contributed by atoms with Crippen molar-refractivity contribution in [2.24, 2.45) is 11.7 Å². The predicted molar refractivity (Wildman–Crippen MR) is 76.7 cm³/mol. The first kappa shape index (κ1) is 15.3. The van der Waals surface area contributed by atoms with Gasteiger partial charge in [0.2, 0.25) is 11.8 Å². The fraction of sp³-hybridized carbons (Fsp3) is 0.467. The van der Waals surface area contributed by atoms with Gasteiger partial charge in [-0.15, -0.1) is 0 Å². The molecule has 1 aliphatic heterocycles. The van der Waals surface area contributed by atoms with Crippen LogP contribution in [0.2, 0.25) is 0 Å². The van der Waals surface area contributed by atoms with E-state index < -0.39 is 11.9 Å². The molecule has 21 heavy (non-hydrogen) atoms. The number of hydrogen-bond acceptors (Lipinski definition) is 4. The molecular weight excluding hydrogens is 272 g/mol. The van der Waals surface area contributed by atoms with E-state index in [4.69, 9.17) is 15.2 Å². The van der Waals surface area contributed by atoms with Gasteiger partial charge in [-0.05, 0) is 24.1 Å². The molecule has 0 bridgehead atoms. The molecule has 2 atom stereocenters. The molecule has 0 aromatic heterocycles. The fourth-order valence-corrected chi connectivity index (χ4v) is 2.29. The molecule has 0 radical (unpaired) electrons. The van der Waals surface area contributed by atoms with Gasteiger partial charge in [0.25, 0.3) is 0 Å². The third-order valence-electron chi connectivity index (χ3n) is 3.53. The quantitative estimate of drug-likeness (QED) is 0.786. The third-order valence-corrected chi connectivity index (χ3v) is 3.53. The van der Waals surface area contributed by atoms with Crippen LogP contribution in [0.15, 0.2) is 24.3 Å². The predicted octanol–water partition coefficient (Wildman–Crippen LogP) is 0.244. The molecule has 6 nitrogen and oxygen atoms in total. The Morgan fingerprint density at radius 2 is 2.33 bits per heavy atom. The van der Waals surface area contributed by atoms with Gasteiger partial charge >= 0.3 is 0 Å². The summed E-state index contributed by atoms with van der Waals surface area (Å²) < 4.78 is 10.3. The van der Waals surface area contributed by atoms with Gasteiger partial charge in [0.15, 0.2) is 0 Å². The first-order valence-corrected chi connectivity index (χ1v) is 6.90. The minimum atomic E-state index is -0.731. The van der Waals surface area contributed by atoms with Gasteiger partial charge in [-0.2, -0.15) is 0 Å². The Morgan fingerprint density at radius 3 is 2.95 bits per heavy atom. The van der Waals surface area contributed by atoms with Crippen molar-refractivity contribution in [3.8, 4) is 5.75 Å². The Morgan fingerprint density at radius 1 is 1.52 bits per heavy atom. The van der Waals surface area contributed by atoms with Crippen LogP contribution in [0.5, 0.6) is 5.75 Å². The van der Waals surface area contributed by atoms with Gasteiger partial charge < -0.3 is 20.5 Å². The number of benzene rings is 1. The van der Waals surface area contributed by atoms with Crippen molar-refractivity contribution in [3.05, 3.63) is 29.8 Å². The summed E-state index contributed by atoms with van der Waals surface area (Å²) in [6, 6.07) is 6.60. The lowest BCUT2D eigenvalue weighted by Gasteiger charge is -2.18. The summed E-state index contributed by atoms with van der Waals surface area (Å²) in [7, 11) is 1.58. The van der Waals surface area contributed by atoms with E-state index >= 15 is 0 Å². The second-order valence-corrected chi connectivity index (χ2v) is 5.08. The summed E-state index contributed by atoms with van der Waals surface area (Å²) in [4.78, 5) is 23.6. The van der Waals surface area contributed by atoms with Crippen LogP contribution in [0.1, 0.15) is 12.0 Å². The van der Waals surface area contributed by atoms with Gasteiger partial charge in [-0.3, -0.25) is 9.59 Å². The summed E-state index contributed by atoms with van der Waals surface area (Å²) in [6.07, 6.45) is 1.02. The molecular formula is C15H20N2O4. The number of hydrogen-bond donors (Lipinski definition) is 2. The minimum absolute atomic E-state index is 0.181. The minimum Gasteiger partial charge on any atom is -0.497 e. The number of primary amides is 1. The van der Waals surface area contributed by atoms with Gasteiger partial charge in [-0.25, -0.2) is 0 Å². The maximum atomic E-state index is 12.0. The molecule has 0 saturated carbocycles. The highest BCUT2D eigenvalue weighted by atomic mass is 16.5. The standard InChI is InChI=1S/C15H20N2O4/c1-20-12-4-2-3-10(7-12)8-13(14(16)18)17-15(19)11-5-6-21-9-11/h2-4,7,11,13H,5-6,8-9H2,1H3,(H2,16,18)(H,17,19)/t11-,13-/m0/s1. The number of carbonyl (C=O) groups excluding carboxylic acids is 2. The van der Waals surface area contributed by atoms with Gasteiger partial charge in [0, 0.05) is 13.0 Å². The van der Waals surface area contributed by atoms with Gasteiger partial charge in [-0.1, -0.05) is 12.1 Å². The Bertz CT molecular complexity index is 512. The summed E-state index contributed by atoms with van der Waals surface area (Å²) >= 11 is 0. The molecule has 1 aromatic carbocycles. The van der Waals surface area contributed by atoms with E-state index in [0.29, 0.717) is 31.8 Å². The number of amides is 2. The summed E-state index contributed by atoms with van der Waals surface area (Å²) in [5.41, 5.74) is 6.26. The second kappa shape index (κ2) is 7.08. The van der Waals surface area contributed by atoms with E-state index in [9.17, 15) is 9.59 Å². The van der Waals surface area contributed by atoms with E-state index in [2.05, 4.69) is 5.32 Å². The Labute approximate surface area is 123 Å². The van der Waals surface area contributed by atoms with Crippen LogP contribution in [0.25, 0.3) is 0 Å². The number of ether oxygens (including phenoxy) is 2. The van der Waals surface area contributed by atoms with Crippen LogP contribution >= 0.6 is 0 Å². The highest BCUT2D eigenvalue weighted by Gasteiger charge is 2.27. The van der Waals surface area contributed by atoms with Gasteiger partial charge in [0.05, 0.1) is 19.6 Å². The largest absolute Gasteiger partial charge is 0.497 e. The van der Waals surface area contributed by atoms with Gasteiger partial charge in [0.1, 0.15) is 11.8 Å². The third kappa shape index (κ3) is 4.19. The molecule has 2 rings (SSSR count). The van der Waals surface area contributed by atoms with Crippen LogP contribution in [-0.4, -0.2) is 38.2 Å². The lowest BCUT2D eigenvalue weighted by atomic mass is 10.0. The number of carbonyl (C=O) groups is 2. The number of methoxy groups -OCH3 is 1. The zero-order valence-corrected chi connectivity index (χ0v) is 12.0. The van der Waals surface area contributed by atoms with Crippen LogP contribution < -0.4 is 15.8 Å². The molecule has 3 N–H and O–H groups in total. The molecule has 0 spiro atoms. The molecule has 0 unspecified atom stereocenters. The molecule has 114 valence electrons. The van der Waals surface area contributed by atoms with Crippen LogP contribution in [0.4, 0.5) is 0 Å². The van der Waals surface area contributed by atoms with E-state index in [-0.39, 0.29) is 11.8 Å². The summed E-state index contributed by atoms with van der Waals surface area (Å²) in [5, 5.41) is 2.71. The lowest BCUT2D eigenvalue weighted by Crippen LogP contribution is -2.48. The smallest absolute Gasteiger partial charge is 0.240 e. The van der Waals surface area contributed by atoms with E-state index in [1.165, 1.54) is 0 Å². The molecule has 1 aliphatic rings. The van der Waals surface area contributed by atoms with Crippen molar-refractivity contribution in [1.29, 1.82) is 0 Å². The summed E-state index contributed by atoms with van der Waals surface area (Å²) in [5.74, 6) is -0.229. The number of nitrogens with two attached hydrogens (primary N) is 1. The van der Waals surface area contributed by atoms with Crippen molar-refractivity contribution >= 4 is 11.8 Å². The fourth-order valence-electron chi connectivity index (χ4n) is 2.29. The normalized spacial score (nSPS) is 19.0. The first-order chi connectivity index (χ1) is 10.1. The van der Waals surface area contributed by atoms with Crippen LogP contribution in [-0.2, 0) is 20.7 Å². The molecule has 1 heterocycles. The Kier molecular flexibility index (Phi) is 5.16. The number of rotatable bonds is 6. The van der Waals surface area contributed by atoms with Crippen molar-refractivity contribution in [1.82, 2.24) is 5.32 Å². The molecule has 1 fully saturated rings. The Balaban J connectivity index is 2.01. The molecule has 0 aliphatic carbocycles. The molecule has 2 amide bonds. The molecule has 1 saturated heterocycles. The van der Waals surface area contributed by atoms with Crippen molar-refractivity contribution in [2.75, 3.05) is 20.3 Å². The monoisotopic (exact) mass is 292 g/mol. The van der Waals surface area contributed by atoms with E-state index in [1.54, 1.807) is 7.11 Å². The second-order valence-electron chi connectivity index (χ2n) is 5.08. The average molecular weight is 292 g/mol. The van der Waals surface area contributed by atoms with Crippen LogP contribution in [0.3, 0.4) is 0 Å². The van der Waals surface area contributed by atoms with Crippen LogP contribution in [0, 0.1) is 5.92 Å². The maximum absolute atomic E-state index is 12.0. The molecule has 6 heteroatoms. The zero-order valence-electron chi connectivity index (χ0n) is 12.0. The number of nitrogens with one attached hydrogen (secondary N) is 1. The average Bonchev–Trinajstić information content (AvgIpc) is 3.01. The van der Waals surface area contributed by atoms with E-state index in [1.807, 2.05) is 24.3 Å². The van der Waals surface area contributed by atoms with Crippen molar-refractivity contribution < 1.29 is 19.1 Å². The van der Waals surface area contributed by atoms with Crippen molar-refractivity contribution in [2.45, 2.75) is 18.9 Å². The Hall–Kier alpha value is -2.08. The maximum Gasteiger partial charge on any atom is 0.240 e. The highest BCUT2D eigenvalue weighted by molar-refractivity contribution is 5.87. The SMILES string of the molecule is COc1cccc(C[C@H](NC(=O)[C@H]2CCOC2)C(N)=O)c1. The highest BCUT2D eigenvalue weighted by Crippen LogP contribution is 2.15. The zero-order chi connectivity index (χ0) is 15.2. The first-order valence-electron chi connectivity index (χ1n) is 6.90.